The van der Waals surface area contributed by atoms with E-state index in [2.05, 4.69) is 10.2 Å². The molecule has 17 heavy (non-hydrogen) atoms. The lowest BCUT2D eigenvalue weighted by molar-refractivity contribution is 0.235. The molecule has 0 aromatic heterocycles. The van der Waals surface area contributed by atoms with E-state index in [1.807, 2.05) is 18.2 Å². The van der Waals surface area contributed by atoms with Crippen LogP contribution in [0.25, 0.3) is 0 Å². The first-order chi connectivity index (χ1) is 8.24. The Morgan fingerprint density at radius 3 is 3.12 bits per heavy atom. The molecule has 1 fully saturated rings. The van der Waals surface area contributed by atoms with Crippen molar-refractivity contribution in [3.63, 3.8) is 0 Å². The summed E-state index contributed by atoms with van der Waals surface area (Å²) in [5.74, 6) is 0.684. The largest absolute Gasteiger partial charge is 0.495 e. The number of nitrogens with one attached hydrogen (secondary N) is 1. The third kappa shape index (κ3) is 2.83. The fourth-order valence-corrected chi connectivity index (χ4v) is 2.22. The summed E-state index contributed by atoms with van der Waals surface area (Å²) in [6.07, 6.45) is 0. The van der Waals surface area contributed by atoms with Gasteiger partial charge in [0.15, 0.2) is 0 Å². The Balaban J connectivity index is 2.16. The highest BCUT2D eigenvalue weighted by atomic mass is 35.5. The molecule has 1 aliphatic heterocycles. The monoisotopic (exact) mass is 256 g/mol. The molecule has 0 amide bonds. The summed E-state index contributed by atoms with van der Waals surface area (Å²) in [5.41, 5.74) is 1.08. The van der Waals surface area contributed by atoms with Crippen LogP contribution in [-0.2, 0) is 0 Å². The van der Waals surface area contributed by atoms with E-state index in [0.717, 1.165) is 25.3 Å². The predicted octanol–water partition coefficient (Wildman–Crippen LogP) is 1.12. The van der Waals surface area contributed by atoms with Crippen molar-refractivity contribution in [2.75, 3.05) is 38.3 Å². The number of aliphatic hydroxyl groups excluding tert-OH is 1. The minimum atomic E-state index is 0.130. The van der Waals surface area contributed by atoms with Crippen molar-refractivity contribution >= 4 is 17.3 Å². The molecule has 0 bridgehead atoms. The molecule has 5 heteroatoms. The van der Waals surface area contributed by atoms with Crippen molar-refractivity contribution in [1.82, 2.24) is 5.32 Å². The molecule has 1 aromatic rings. The molecule has 1 heterocycles. The normalized spacial score (nSPS) is 20.4. The topological polar surface area (TPSA) is 44.7 Å². The second-order valence-electron chi connectivity index (χ2n) is 4.10. The lowest BCUT2D eigenvalue weighted by Crippen LogP contribution is -2.52. The van der Waals surface area contributed by atoms with E-state index < -0.39 is 0 Å². The molecule has 1 aliphatic rings. The predicted molar refractivity (Wildman–Crippen MR) is 69.1 cm³/mol. The van der Waals surface area contributed by atoms with E-state index in [9.17, 15) is 0 Å². The van der Waals surface area contributed by atoms with Gasteiger partial charge in [-0.2, -0.15) is 0 Å². The number of nitrogens with zero attached hydrogens (tertiary/aromatic N) is 1. The summed E-state index contributed by atoms with van der Waals surface area (Å²) < 4.78 is 5.21. The van der Waals surface area contributed by atoms with Crippen molar-refractivity contribution in [2.24, 2.45) is 0 Å². The van der Waals surface area contributed by atoms with Crippen LogP contribution in [0.15, 0.2) is 18.2 Å². The number of ether oxygens (including phenoxy) is 1. The smallest absolute Gasteiger partial charge is 0.139 e. The van der Waals surface area contributed by atoms with Crippen LogP contribution in [0.1, 0.15) is 0 Å². The molecule has 2 rings (SSSR count). The zero-order chi connectivity index (χ0) is 12.3. The summed E-state index contributed by atoms with van der Waals surface area (Å²) in [7, 11) is 1.61. The van der Waals surface area contributed by atoms with Gasteiger partial charge in [-0.3, -0.25) is 0 Å². The van der Waals surface area contributed by atoms with Crippen molar-refractivity contribution < 1.29 is 9.84 Å². The molecule has 94 valence electrons. The third-order valence-corrected chi connectivity index (χ3v) is 3.29. The second kappa shape index (κ2) is 5.58. The Morgan fingerprint density at radius 2 is 2.41 bits per heavy atom. The van der Waals surface area contributed by atoms with E-state index in [-0.39, 0.29) is 12.6 Å². The maximum atomic E-state index is 9.17. The number of hydrogen-bond donors (Lipinski definition) is 2. The van der Waals surface area contributed by atoms with E-state index in [4.69, 9.17) is 21.4 Å². The van der Waals surface area contributed by atoms with Gasteiger partial charge in [0, 0.05) is 37.4 Å². The van der Waals surface area contributed by atoms with Crippen LogP contribution in [-0.4, -0.2) is 44.5 Å². The average molecular weight is 257 g/mol. The molecule has 1 atom stereocenters. The van der Waals surface area contributed by atoms with Gasteiger partial charge in [-0.15, -0.1) is 0 Å². The molecule has 0 radical (unpaired) electrons. The van der Waals surface area contributed by atoms with Gasteiger partial charge < -0.3 is 20.1 Å². The number of rotatable bonds is 3. The minimum Gasteiger partial charge on any atom is -0.495 e. The van der Waals surface area contributed by atoms with Gasteiger partial charge in [0.25, 0.3) is 0 Å². The zero-order valence-corrected chi connectivity index (χ0v) is 10.6. The van der Waals surface area contributed by atoms with Gasteiger partial charge in [0.05, 0.1) is 18.7 Å². The molecule has 0 saturated carbocycles. The standard InChI is InChI=1S/C12H17ClN2O2/c1-17-12-6-10(2-3-11(12)13)15-5-4-14-9(7-15)8-16/h2-3,6,9,14,16H,4-5,7-8H2,1H3/t9-/m0/s1. The Hall–Kier alpha value is -0.970. The maximum absolute atomic E-state index is 9.17. The van der Waals surface area contributed by atoms with Gasteiger partial charge in [-0.05, 0) is 12.1 Å². The molecule has 4 nitrogen and oxygen atoms in total. The van der Waals surface area contributed by atoms with Crippen molar-refractivity contribution in [3.05, 3.63) is 23.2 Å². The summed E-state index contributed by atoms with van der Waals surface area (Å²) >= 11 is 6.00. The number of benzene rings is 1. The number of halogens is 1. The van der Waals surface area contributed by atoms with Crippen LogP contribution in [0.3, 0.4) is 0 Å². The quantitative estimate of drug-likeness (QED) is 0.851. The van der Waals surface area contributed by atoms with Crippen molar-refractivity contribution in [3.8, 4) is 5.75 Å². The summed E-state index contributed by atoms with van der Waals surface area (Å²) in [6, 6.07) is 5.88. The number of aliphatic hydroxyl groups is 1. The Bertz CT molecular complexity index is 387. The van der Waals surface area contributed by atoms with E-state index >= 15 is 0 Å². The first-order valence-corrected chi connectivity index (χ1v) is 6.05. The van der Waals surface area contributed by atoms with Crippen LogP contribution in [0.5, 0.6) is 5.75 Å². The molecule has 0 aliphatic carbocycles. The van der Waals surface area contributed by atoms with Gasteiger partial charge in [-0.1, -0.05) is 11.6 Å². The fraction of sp³-hybridized carbons (Fsp3) is 0.500. The van der Waals surface area contributed by atoms with Crippen LogP contribution in [0.2, 0.25) is 5.02 Å². The van der Waals surface area contributed by atoms with Crippen molar-refractivity contribution in [1.29, 1.82) is 0 Å². The van der Waals surface area contributed by atoms with Crippen LogP contribution < -0.4 is 15.0 Å². The highest BCUT2D eigenvalue weighted by Crippen LogP contribution is 2.29. The molecule has 2 N–H and O–H groups in total. The number of piperazine rings is 1. The summed E-state index contributed by atoms with van der Waals surface area (Å²) in [4.78, 5) is 2.22. The summed E-state index contributed by atoms with van der Waals surface area (Å²) in [5, 5.41) is 13.0. The number of hydrogen-bond acceptors (Lipinski definition) is 4. The summed E-state index contributed by atoms with van der Waals surface area (Å²) in [6.45, 7) is 2.74. The highest BCUT2D eigenvalue weighted by Gasteiger charge is 2.19. The van der Waals surface area contributed by atoms with Gasteiger partial charge >= 0.3 is 0 Å². The molecule has 1 saturated heterocycles. The van der Waals surface area contributed by atoms with Gasteiger partial charge in [0.1, 0.15) is 5.75 Å². The Kier molecular flexibility index (Phi) is 4.10. The van der Waals surface area contributed by atoms with Gasteiger partial charge in [0.2, 0.25) is 0 Å². The molecular weight excluding hydrogens is 240 g/mol. The van der Waals surface area contributed by atoms with E-state index in [1.165, 1.54) is 0 Å². The molecule has 0 spiro atoms. The van der Waals surface area contributed by atoms with E-state index in [0.29, 0.717) is 10.8 Å². The lowest BCUT2D eigenvalue weighted by Gasteiger charge is -2.34. The van der Waals surface area contributed by atoms with E-state index in [1.54, 1.807) is 7.11 Å². The Morgan fingerprint density at radius 1 is 1.59 bits per heavy atom. The molecule has 1 aromatic carbocycles. The first kappa shape index (κ1) is 12.5. The molecule has 0 unspecified atom stereocenters. The SMILES string of the molecule is COc1cc(N2CCN[C@H](CO)C2)ccc1Cl. The zero-order valence-electron chi connectivity index (χ0n) is 9.82. The first-order valence-electron chi connectivity index (χ1n) is 5.67. The lowest BCUT2D eigenvalue weighted by atomic mass is 10.2. The molecular formula is C12H17ClN2O2. The minimum absolute atomic E-state index is 0.130. The van der Waals surface area contributed by atoms with Crippen LogP contribution in [0, 0.1) is 0 Å². The van der Waals surface area contributed by atoms with Crippen molar-refractivity contribution in [2.45, 2.75) is 6.04 Å². The van der Waals surface area contributed by atoms with Crippen LogP contribution >= 0.6 is 11.6 Å². The second-order valence-corrected chi connectivity index (χ2v) is 4.51. The fourth-order valence-electron chi connectivity index (χ4n) is 2.03. The van der Waals surface area contributed by atoms with Crippen LogP contribution in [0.4, 0.5) is 5.69 Å². The maximum Gasteiger partial charge on any atom is 0.139 e. The highest BCUT2D eigenvalue weighted by molar-refractivity contribution is 6.32. The Labute approximate surface area is 106 Å². The number of anilines is 1. The van der Waals surface area contributed by atoms with Gasteiger partial charge in [-0.25, -0.2) is 0 Å². The average Bonchev–Trinajstić information content (AvgIpc) is 2.39. The number of methoxy groups -OCH3 is 1. The third-order valence-electron chi connectivity index (χ3n) is 2.98.